The molecular formula is C14H25N3O3. The molecule has 2 atom stereocenters. The first kappa shape index (κ1) is 15.1. The van der Waals surface area contributed by atoms with Crippen LogP contribution in [-0.2, 0) is 4.79 Å². The molecule has 1 aliphatic carbocycles. The van der Waals surface area contributed by atoms with E-state index in [4.69, 9.17) is 5.11 Å². The molecule has 1 saturated carbocycles. The maximum Gasteiger partial charge on any atom is 0.317 e. The molecule has 6 heteroatoms. The number of carbonyl (C=O) groups excluding carboxylic acids is 1. The molecule has 1 saturated heterocycles. The summed E-state index contributed by atoms with van der Waals surface area (Å²) in [6.07, 6.45) is 4.18. The fourth-order valence-electron chi connectivity index (χ4n) is 2.90. The van der Waals surface area contributed by atoms with E-state index in [0.717, 1.165) is 38.8 Å². The van der Waals surface area contributed by atoms with Crippen LogP contribution in [-0.4, -0.2) is 66.2 Å². The highest BCUT2D eigenvalue weighted by atomic mass is 16.4. The van der Waals surface area contributed by atoms with E-state index in [-0.39, 0.29) is 24.5 Å². The number of amides is 2. The molecule has 20 heavy (non-hydrogen) atoms. The second-order valence-corrected chi connectivity index (χ2v) is 6.16. The number of urea groups is 1. The van der Waals surface area contributed by atoms with Crippen molar-refractivity contribution in [2.24, 2.45) is 5.92 Å². The van der Waals surface area contributed by atoms with E-state index in [2.05, 4.69) is 17.3 Å². The minimum atomic E-state index is -0.845. The van der Waals surface area contributed by atoms with Crippen molar-refractivity contribution in [3.8, 4) is 0 Å². The summed E-state index contributed by atoms with van der Waals surface area (Å²) in [5, 5.41) is 11.8. The maximum absolute atomic E-state index is 12.3. The quantitative estimate of drug-likeness (QED) is 0.789. The highest BCUT2D eigenvalue weighted by molar-refractivity contribution is 5.76. The molecule has 0 spiro atoms. The smallest absolute Gasteiger partial charge is 0.317 e. The third kappa shape index (κ3) is 4.10. The van der Waals surface area contributed by atoms with Crippen LogP contribution in [0, 0.1) is 5.92 Å². The minimum absolute atomic E-state index is 0.0226. The van der Waals surface area contributed by atoms with Crippen molar-refractivity contribution in [3.63, 3.8) is 0 Å². The number of aliphatic carboxylic acids is 1. The fourth-order valence-corrected chi connectivity index (χ4v) is 2.90. The van der Waals surface area contributed by atoms with Gasteiger partial charge in [0, 0.05) is 25.7 Å². The van der Waals surface area contributed by atoms with E-state index in [9.17, 15) is 9.59 Å². The predicted octanol–water partition coefficient (Wildman–Crippen LogP) is 0.975. The van der Waals surface area contributed by atoms with Crippen molar-refractivity contribution < 1.29 is 14.7 Å². The SMILES string of the molecule is CN1CCCC(N(C)C(=O)NC(CC(=O)O)C2CC2)C1. The molecule has 0 bridgehead atoms. The van der Waals surface area contributed by atoms with Crippen molar-refractivity contribution in [3.05, 3.63) is 0 Å². The first-order chi connectivity index (χ1) is 9.47. The van der Waals surface area contributed by atoms with E-state index in [0.29, 0.717) is 5.92 Å². The zero-order valence-corrected chi connectivity index (χ0v) is 12.3. The zero-order chi connectivity index (χ0) is 14.7. The van der Waals surface area contributed by atoms with E-state index in [1.54, 1.807) is 4.90 Å². The third-order valence-electron chi connectivity index (χ3n) is 4.36. The second-order valence-electron chi connectivity index (χ2n) is 6.16. The highest BCUT2D eigenvalue weighted by Gasteiger charge is 2.35. The Morgan fingerprint density at radius 1 is 1.40 bits per heavy atom. The van der Waals surface area contributed by atoms with Crippen LogP contribution in [0.3, 0.4) is 0 Å². The summed E-state index contributed by atoms with van der Waals surface area (Å²) in [5.74, 6) is -0.500. The average Bonchev–Trinajstić information content (AvgIpc) is 3.20. The van der Waals surface area contributed by atoms with Crippen LogP contribution in [0.4, 0.5) is 4.79 Å². The van der Waals surface area contributed by atoms with Gasteiger partial charge in [-0.3, -0.25) is 4.79 Å². The van der Waals surface area contributed by atoms with Crippen molar-refractivity contribution in [1.82, 2.24) is 15.1 Å². The van der Waals surface area contributed by atoms with Crippen molar-refractivity contribution >= 4 is 12.0 Å². The van der Waals surface area contributed by atoms with Gasteiger partial charge in [-0.15, -0.1) is 0 Å². The van der Waals surface area contributed by atoms with Gasteiger partial charge in [-0.1, -0.05) is 0 Å². The predicted molar refractivity (Wildman–Crippen MR) is 75.6 cm³/mol. The van der Waals surface area contributed by atoms with Crippen LogP contribution in [0.15, 0.2) is 0 Å². The van der Waals surface area contributed by atoms with Gasteiger partial charge in [-0.25, -0.2) is 4.79 Å². The molecule has 0 radical (unpaired) electrons. The minimum Gasteiger partial charge on any atom is -0.481 e. The highest BCUT2D eigenvalue weighted by Crippen LogP contribution is 2.34. The lowest BCUT2D eigenvalue weighted by Crippen LogP contribution is -2.52. The number of hydrogen-bond acceptors (Lipinski definition) is 3. The number of piperidine rings is 1. The summed E-state index contributed by atoms with van der Waals surface area (Å²) < 4.78 is 0. The number of carboxylic acid groups (broad SMARTS) is 1. The average molecular weight is 283 g/mol. The molecule has 0 aromatic heterocycles. The van der Waals surface area contributed by atoms with Gasteiger partial charge >= 0.3 is 12.0 Å². The molecule has 2 N–H and O–H groups in total. The molecule has 0 aromatic rings. The van der Waals surface area contributed by atoms with Gasteiger partial charge in [-0.2, -0.15) is 0 Å². The Hall–Kier alpha value is -1.30. The fraction of sp³-hybridized carbons (Fsp3) is 0.857. The van der Waals surface area contributed by atoms with Gasteiger partial charge in [0.25, 0.3) is 0 Å². The molecule has 2 fully saturated rings. The first-order valence-corrected chi connectivity index (χ1v) is 7.41. The molecule has 2 rings (SSSR count). The standard InChI is InChI=1S/C14H25N3O3/c1-16-7-3-4-11(9-16)17(2)14(20)15-12(8-13(18)19)10-5-6-10/h10-12H,3-9H2,1-2H3,(H,15,20)(H,18,19). The Kier molecular flexibility index (Phi) is 4.86. The Labute approximate surface area is 120 Å². The van der Waals surface area contributed by atoms with Gasteiger partial charge in [0.05, 0.1) is 6.42 Å². The monoisotopic (exact) mass is 283 g/mol. The maximum atomic E-state index is 12.3. The van der Waals surface area contributed by atoms with Crippen LogP contribution in [0.2, 0.25) is 0 Å². The third-order valence-corrected chi connectivity index (χ3v) is 4.36. The van der Waals surface area contributed by atoms with Gasteiger partial charge in [0.15, 0.2) is 0 Å². The normalized spacial score (nSPS) is 25.0. The van der Waals surface area contributed by atoms with Crippen LogP contribution in [0.1, 0.15) is 32.1 Å². The number of carbonyl (C=O) groups is 2. The molecule has 2 aliphatic rings. The number of hydrogen-bond donors (Lipinski definition) is 2. The van der Waals surface area contributed by atoms with Crippen LogP contribution < -0.4 is 5.32 Å². The number of nitrogens with one attached hydrogen (secondary N) is 1. The van der Waals surface area contributed by atoms with Crippen molar-refractivity contribution in [2.75, 3.05) is 27.2 Å². The lowest BCUT2D eigenvalue weighted by atomic mass is 10.1. The number of likely N-dealkylation sites (tertiary alicyclic amines) is 1. The Morgan fingerprint density at radius 3 is 2.65 bits per heavy atom. The molecule has 114 valence electrons. The number of rotatable bonds is 5. The lowest BCUT2D eigenvalue weighted by molar-refractivity contribution is -0.137. The second kappa shape index (κ2) is 6.43. The molecule has 2 amide bonds. The Bertz CT molecular complexity index is 371. The van der Waals surface area contributed by atoms with E-state index >= 15 is 0 Å². The van der Waals surface area contributed by atoms with Gasteiger partial charge in [-0.05, 0) is 45.2 Å². The molecule has 6 nitrogen and oxygen atoms in total. The summed E-state index contributed by atoms with van der Waals surface area (Å²) >= 11 is 0. The van der Waals surface area contributed by atoms with E-state index in [1.165, 1.54) is 0 Å². The van der Waals surface area contributed by atoms with Crippen LogP contribution in [0.5, 0.6) is 0 Å². The van der Waals surface area contributed by atoms with Crippen LogP contribution >= 0.6 is 0 Å². The topological polar surface area (TPSA) is 72.9 Å². The number of likely N-dealkylation sites (N-methyl/N-ethyl adjacent to an activating group) is 2. The zero-order valence-electron chi connectivity index (χ0n) is 12.3. The van der Waals surface area contributed by atoms with Crippen LogP contribution in [0.25, 0.3) is 0 Å². The summed E-state index contributed by atoms with van der Waals surface area (Å²) in [5.41, 5.74) is 0. The largest absolute Gasteiger partial charge is 0.481 e. The van der Waals surface area contributed by atoms with E-state index < -0.39 is 5.97 Å². The van der Waals surface area contributed by atoms with Gasteiger partial charge in [0.2, 0.25) is 0 Å². The summed E-state index contributed by atoms with van der Waals surface area (Å²) in [6, 6.07) is -0.134. The molecular weight excluding hydrogens is 258 g/mol. The van der Waals surface area contributed by atoms with Gasteiger partial charge < -0.3 is 20.2 Å². The van der Waals surface area contributed by atoms with Gasteiger partial charge in [0.1, 0.15) is 0 Å². The summed E-state index contributed by atoms with van der Waals surface area (Å²) in [7, 11) is 3.87. The van der Waals surface area contributed by atoms with E-state index in [1.807, 2.05) is 7.05 Å². The lowest BCUT2D eigenvalue weighted by Gasteiger charge is -2.36. The molecule has 0 aromatic carbocycles. The number of nitrogens with zero attached hydrogens (tertiary/aromatic N) is 2. The molecule has 1 aliphatic heterocycles. The Balaban J connectivity index is 1.87. The molecule has 1 heterocycles. The van der Waals surface area contributed by atoms with Crippen molar-refractivity contribution in [2.45, 2.75) is 44.2 Å². The summed E-state index contributed by atoms with van der Waals surface area (Å²) in [6.45, 7) is 1.96. The Morgan fingerprint density at radius 2 is 2.10 bits per heavy atom. The molecule has 2 unspecified atom stereocenters. The summed E-state index contributed by atoms with van der Waals surface area (Å²) in [4.78, 5) is 27.1. The van der Waals surface area contributed by atoms with Crippen molar-refractivity contribution in [1.29, 1.82) is 0 Å². The first-order valence-electron chi connectivity index (χ1n) is 7.41. The number of carboxylic acids is 1.